The molecule has 0 bridgehead atoms. The van der Waals surface area contributed by atoms with Crippen LogP contribution in [0.5, 0.6) is 0 Å². The first-order chi connectivity index (χ1) is 8.84. The molecule has 18 heavy (non-hydrogen) atoms. The first-order valence-electron chi connectivity index (χ1n) is 6.36. The molecule has 0 amide bonds. The number of nitrogen functional groups attached to an aromatic ring is 1. The number of fused-ring (bicyclic) bond motifs is 1. The average Bonchev–Trinajstić information content (AvgIpc) is 2.41. The number of nitrogens with zero attached hydrogens (tertiary/aromatic N) is 2. The third kappa shape index (κ3) is 2.04. The van der Waals surface area contributed by atoms with Crippen LogP contribution >= 0.6 is 0 Å². The van der Waals surface area contributed by atoms with E-state index in [9.17, 15) is 0 Å². The molecule has 0 radical (unpaired) electrons. The number of hydrogen-bond donors (Lipinski definition) is 1. The Morgan fingerprint density at radius 3 is 2.83 bits per heavy atom. The van der Waals surface area contributed by atoms with Crippen molar-refractivity contribution < 1.29 is 0 Å². The van der Waals surface area contributed by atoms with Crippen molar-refractivity contribution in [3.8, 4) is 0 Å². The zero-order valence-electron chi connectivity index (χ0n) is 10.3. The lowest BCUT2D eigenvalue weighted by atomic mass is 9.99. The summed E-state index contributed by atoms with van der Waals surface area (Å²) in [6.07, 6.45) is 5.96. The molecule has 3 heteroatoms. The van der Waals surface area contributed by atoms with Crippen LogP contribution in [-0.4, -0.2) is 11.5 Å². The predicted molar refractivity (Wildman–Crippen MR) is 74.5 cm³/mol. The van der Waals surface area contributed by atoms with E-state index >= 15 is 0 Å². The van der Waals surface area contributed by atoms with Crippen molar-refractivity contribution in [2.75, 3.05) is 17.2 Å². The lowest BCUT2D eigenvalue weighted by Gasteiger charge is -2.32. The van der Waals surface area contributed by atoms with Crippen molar-refractivity contribution in [1.82, 2.24) is 4.98 Å². The predicted octanol–water partition coefficient (Wildman–Crippen LogP) is 2.62. The molecule has 1 aliphatic heterocycles. The fourth-order valence-electron chi connectivity index (χ4n) is 2.60. The molecule has 0 fully saturated rings. The molecule has 3 rings (SSSR count). The highest BCUT2D eigenvalue weighted by Gasteiger charge is 2.18. The highest BCUT2D eigenvalue weighted by Crippen LogP contribution is 2.32. The van der Waals surface area contributed by atoms with Gasteiger partial charge in [-0.15, -0.1) is 0 Å². The smallest absolute Gasteiger partial charge is 0.0430 e. The Morgan fingerprint density at radius 2 is 2.00 bits per heavy atom. The third-order valence-corrected chi connectivity index (χ3v) is 3.51. The van der Waals surface area contributed by atoms with Crippen LogP contribution < -0.4 is 10.6 Å². The normalized spacial score (nSPS) is 14.3. The minimum absolute atomic E-state index is 0.923. The Kier molecular flexibility index (Phi) is 2.89. The van der Waals surface area contributed by atoms with Crippen molar-refractivity contribution in [2.45, 2.75) is 19.4 Å². The Hall–Kier alpha value is -2.03. The minimum Gasteiger partial charge on any atom is -0.398 e. The van der Waals surface area contributed by atoms with Crippen LogP contribution in [0.4, 0.5) is 11.4 Å². The summed E-state index contributed by atoms with van der Waals surface area (Å²) in [5, 5.41) is 0. The van der Waals surface area contributed by atoms with Gasteiger partial charge in [-0.3, -0.25) is 4.98 Å². The summed E-state index contributed by atoms with van der Waals surface area (Å²) < 4.78 is 0. The minimum atomic E-state index is 0.923. The molecule has 0 saturated heterocycles. The molecule has 1 aliphatic rings. The summed E-state index contributed by atoms with van der Waals surface area (Å²) in [5.74, 6) is 0. The Balaban J connectivity index is 1.90. The molecule has 0 aliphatic carbocycles. The molecule has 0 atom stereocenters. The van der Waals surface area contributed by atoms with Gasteiger partial charge in [0.05, 0.1) is 0 Å². The first kappa shape index (κ1) is 11.1. The third-order valence-electron chi connectivity index (χ3n) is 3.51. The second kappa shape index (κ2) is 4.69. The van der Waals surface area contributed by atoms with Crippen LogP contribution in [0.1, 0.15) is 17.5 Å². The van der Waals surface area contributed by atoms with Crippen LogP contribution in [0.2, 0.25) is 0 Å². The summed E-state index contributed by atoms with van der Waals surface area (Å²) in [7, 11) is 0. The van der Waals surface area contributed by atoms with Gasteiger partial charge < -0.3 is 10.6 Å². The molecule has 0 saturated carbocycles. The molecule has 2 heterocycles. The van der Waals surface area contributed by atoms with Gasteiger partial charge >= 0.3 is 0 Å². The number of benzene rings is 1. The maximum Gasteiger partial charge on any atom is 0.0430 e. The van der Waals surface area contributed by atoms with Gasteiger partial charge in [-0.1, -0.05) is 6.07 Å². The number of rotatable bonds is 2. The standard InChI is InChI=1S/C15H17N3/c16-14-4-1-5-15-13(14)3-2-10-18(15)11-12-6-8-17-9-7-12/h1,4-9H,2-3,10-11,16H2. The van der Waals surface area contributed by atoms with Gasteiger partial charge in [0.25, 0.3) is 0 Å². The second-order valence-corrected chi connectivity index (χ2v) is 4.73. The van der Waals surface area contributed by atoms with E-state index in [0.717, 1.165) is 25.2 Å². The summed E-state index contributed by atoms with van der Waals surface area (Å²) in [6, 6.07) is 10.3. The van der Waals surface area contributed by atoms with Crippen LogP contribution in [0.3, 0.4) is 0 Å². The monoisotopic (exact) mass is 239 g/mol. The highest BCUT2D eigenvalue weighted by atomic mass is 15.1. The Morgan fingerprint density at radius 1 is 1.17 bits per heavy atom. The summed E-state index contributed by atoms with van der Waals surface area (Å²) in [6.45, 7) is 2.03. The van der Waals surface area contributed by atoms with Gasteiger partial charge in [-0.05, 0) is 48.2 Å². The Labute approximate surface area is 107 Å². The summed E-state index contributed by atoms with van der Waals surface area (Å²) >= 11 is 0. The molecule has 0 spiro atoms. The van der Waals surface area contributed by atoms with Crippen molar-refractivity contribution in [1.29, 1.82) is 0 Å². The molecular formula is C15H17N3. The van der Waals surface area contributed by atoms with E-state index in [-0.39, 0.29) is 0 Å². The quantitative estimate of drug-likeness (QED) is 0.819. The molecule has 2 aromatic rings. The highest BCUT2D eigenvalue weighted by molar-refractivity contribution is 5.66. The van der Waals surface area contributed by atoms with Gasteiger partial charge in [0.15, 0.2) is 0 Å². The second-order valence-electron chi connectivity index (χ2n) is 4.73. The van der Waals surface area contributed by atoms with Gasteiger partial charge in [-0.2, -0.15) is 0 Å². The van der Waals surface area contributed by atoms with Gasteiger partial charge in [0.2, 0.25) is 0 Å². The van der Waals surface area contributed by atoms with Crippen LogP contribution in [-0.2, 0) is 13.0 Å². The van der Waals surface area contributed by atoms with Crippen molar-refractivity contribution in [3.05, 3.63) is 53.9 Å². The average molecular weight is 239 g/mol. The van der Waals surface area contributed by atoms with Gasteiger partial charge in [-0.25, -0.2) is 0 Å². The molecule has 92 valence electrons. The SMILES string of the molecule is Nc1cccc2c1CCCN2Cc1ccncc1. The summed E-state index contributed by atoms with van der Waals surface area (Å²) in [5.41, 5.74) is 10.9. The van der Waals surface area contributed by atoms with Crippen molar-refractivity contribution in [3.63, 3.8) is 0 Å². The molecule has 0 unspecified atom stereocenters. The summed E-state index contributed by atoms with van der Waals surface area (Å²) in [4.78, 5) is 6.47. The molecule has 1 aromatic heterocycles. The number of nitrogens with two attached hydrogens (primary N) is 1. The van der Waals surface area contributed by atoms with Crippen molar-refractivity contribution in [2.24, 2.45) is 0 Å². The lowest BCUT2D eigenvalue weighted by Crippen LogP contribution is -2.29. The number of hydrogen-bond acceptors (Lipinski definition) is 3. The van der Waals surface area contributed by atoms with Crippen LogP contribution in [0, 0.1) is 0 Å². The van der Waals surface area contributed by atoms with E-state index in [4.69, 9.17) is 5.73 Å². The molecule has 3 nitrogen and oxygen atoms in total. The van der Waals surface area contributed by atoms with Crippen LogP contribution in [0.15, 0.2) is 42.7 Å². The maximum atomic E-state index is 6.06. The fraction of sp³-hybridized carbons (Fsp3) is 0.267. The fourth-order valence-corrected chi connectivity index (χ4v) is 2.60. The van der Waals surface area contributed by atoms with Gasteiger partial charge in [0.1, 0.15) is 0 Å². The number of aromatic nitrogens is 1. The zero-order valence-corrected chi connectivity index (χ0v) is 10.3. The van der Waals surface area contributed by atoms with E-state index in [1.54, 1.807) is 0 Å². The van der Waals surface area contributed by atoms with E-state index < -0.39 is 0 Å². The Bertz CT molecular complexity index is 537. The zero-order chi connectivity index (χ0) is 12.4. The van der Waals surface area contributed by atoms with E-state index in [2.05, 4.69) is 28.1 Å². The van der Waals surface area contributed by atoms with Crippen LogP contribution in [0.25, 0.3) is 0 Å². The lowest BCUT2D eigenvalue weighted by molar-refractivity contribution is 0.692. The number of anilines is 2. The molecule has 1 aromatic carbocycles. The first-order valence-corrected chi connectivity index (χ1v) is 6.36. The van der Waals surface area contributed by atoms with E-state index in [1.807, 2.05) is 24.5 Å². The largest absolute Gasteiger partial charge is 0.398 e. The number of pyridine rings is 1. The maximum absolute atomic E-state index is 6.06. The molecule has 2 N–H and O–H groups in total. The van der Waals surface area contributed by atoms with E-state index in [0.29, 0.717) is 0 Å². The molecular weight excluding hydrogens is 222 g/mol. The van der Waals surface area contributed by atoms with Gasteiger partial charge in [0, 0.05) is 36.9 Å². The van der Waals surface area contributed by atoms with Crippen molar-refractivity contribution >= 4 is 11.4 Å². The topological polar surface area (TPSA) is 42.1 Å². The van der Waals surface area contributed by atoms with E-state index in [1.165, 1.54) is 23.2 Å².